The van der Waals surface area contributed by atoms with Gasteiger partial charge in [0.2, 0.25) is 0 Å². The molecule has 0 unspecified atom stereocenters. The zero-order chi connectivity index (χ0) is 20.6. The van der Waals surface area contributed by atoms with Gasteiger partial charge in [-0.2, -0.15) is 0 Å². The standard InChI is InChI=1S/C23H27NO4/c1-5-16-24(22(26)28-23(2,3)4)17-20(25)27-21(18-12-8-6-9-13-18)19-14-10-7-11-15-19/h5-15,21H,1,16-17H2,2-4H3. The summed E-state index contributed by atoms with van der Waals surface area (Å²) in [7, 11) is 0. The molecule has 0 saturated carbocycles. The van der Waals surface area contributed by atoms with Crippen LogP contribution < -0.4 is 0 Å². The molecule has 2 aromatic rings. The highest BCUT2D eigenvalue weighted by Gasteiger charge is 2.26. The fraction of sp³-hybridized carbons (Fsp3) is 0.304. The van der Waals surface area contributed by atoms with Crippen LogP contribution in [-0.2, 0) is 14.3 Å². The van der Waals surface area contributed by atoms with Crippen molar-refractivity contribution in [3.63, 3.8) is 0 Å². The summed E-state index contributed by atoms with van der Waals surface area (Å²) in [6.45, 7) is 8.92. The maximum absolute atomic E-state index is 12.6. The highest BCUT2D eigenvalue weighted by Crippen LogP contribution is 2.26. The van der Waals surface area contributed by atoms with Crippen LogP contribution in [0.4, 0.5) is 4.79 Å². The van der Waals surface area contributed by atoms with E-state index in [1.165, 1.54) is 4.90 Å². The lowest BCUT2D eigenvalue weighted by Crippen LogP contribution is -2.40. The summed E-state index contributed by atoms with van der Waals surface area (Å²) in [4.78, 5) is 26.3. The Bertz CT molecular complexity index is 742. The van der Waals surface area contributed by atoms with Crippen molar-refractivity contribution in [2.75, 3.05) is 13.1 Å². The molecule has 5 heteroatoms. The summed E-state index contributed by atoms with van der Waals surface area (Å²) >= 11 is 0. The molecule has 1 amide bonds. The summed E-state index contributed by atoms with van der Waals surface area (Å²) in [5.41, 5.74) is 1.06. The Kier molecular flexibility index (Phi) is 7.38. The summed E-state index contributed by atoms with van der Waals surface area (Å²) in [5, 5.41) is 0. The first kappa shape index (κ1) is 21.2. The predicted molar refractivity (Wildman–Crippen MR) is 109 cm³/mol. The lowest BCUT2D eigenvalue weighted by atomic mass is 10.0. The molecule has 5 nitrogen and oxygen atoms in total. The summed E-state index contributed by atoms with van der Waals surface area (Å²) < 4.78 is 11.1. The van der Waals surface area contributed by atoms with Gasteiger partial charge in [-0.25, -0.2) is 4.79 Å². The SMILES string of the molecule is C=CCN(CC(=O)OC(c1ccccc1)c1ccccc1)C(=O)OC(C)(C)C. The van der Waals surface area contributed by atoms with E-state index in [2.05, 4.69) is 6.58 Å². The lowest BCUT2D eigenvalue weighted by Gasteiger charge is -2.27. The molecule has 2 aromatic carbocycles. The van der Waals surface area contributed by atoms with Gasteiger partial charge in [0.15, 0.2) is 6.10 Å². The average Bonchev–Trinajstić information content (AvgIpc) is 2.66. The number of esters is 1. The lowest BCUT2D eigenvalue weighted by molar-refractivity contribution is -0.148. The molecule has 0 aliphatic carbocycles. The van der Waals surface area contributed by atoms with E-state index < -0.39 is 23.8 Å². The van der Waals surface area contributed by atoms with Crippen molar-refractivity contribution in [3.05, 3.63) is 84.4 Å². The topological polar surface area (TPSA) is 55.8 Å². The third-order valence-corrected chi connectivity index (χ3v) is 3.78. The Morgan fingerprint density at radius 1 is 1.00 bits per heavy atom. The fourth-order valence-corrected chi connectivity index (χ4v) is 2.59. The van der Waals surface area contributed by atoms with E-state index in [4.69, 9.17) is 9.47 Å². The molecule has 0 fully saturated rings. The second kappa shape index (κ2) is 9.74. The second-order valence-electron chi connectivity index (χ2n) is 7.34. The number of amides is 1. The zero-order valence-corrected chi connectivity index (χ0v) is 16.6. The molecule has 0 aromatic heterocycles. The molecule has 0 N–H and O–H groups in total. The van der Waals surface area contributed by atoms with Crippen molar-refractivity contribution in [2.24, 2.45) is 0 Å². The van der Waals surface area contributed by atoms with Gasteiger partial charge >= 0.3 is 12.1 Å². The van der Waals surface area contributed by atoms with Gasteiger partial charge in [0.1, 0.15) is 12.1 Å². The Morgan fingerprint density at radius 2 is 1.50 bits per heavy atom. The van der Waals surface area contributed by atoms with Crippen molar-refractivity contribution in [2.45, 2.75) is 32.5 Å². The van der Waals surface area contributed by atoms with E-state index in [1.54, 1.807) is 26.8 Å². The van der Waals surface area contributed by atoms with E-state index in [1.807, 2.05) is 60.7 Å². The smallest absolute Gasteiger partial charge is 0.411 e. The first-order chi connectivity index (χ1) is 13.3. The first-order valence-corrected chi connectivity index (χ1v) is 9.18. The molecule has 0 saturated heterocycles. The molecular formula is C23H27NO4. The number of hydrogen-bond acceptors (Lipinski definition) is 4. The number of carbonyl (C=O) groups is 2. The van der Waals surface area contributed by atoms with Crippen LogP contribution in [0.15, 0.2) is 73.3 Å². The van der Waals surface area contributed by atoms with E-state index >= 15 is 0 Å². The number of hydrogen-bond donors (Lipinski definition) is 0. The minimum absolute atomic E-state index is 0.186. The largest absolute Gasteiger partial charge is 0.451 e. The third-order valence-electron chi connectivity index (χ3n) is 3.78. The third kappa shape index (κ3) is 6.58. The van der Waals surface area contributed by atoms with Gasteiger partial charge < -0.3 is 9.47 Å². The van der Waals surface area contributed by atoms with Gasteiger partial charge in [-0.05, 0) is 31.9 Å². The zero-order valence-electron chi connectivity index (χ0n) is 16.6. The van der Waals surface area contributed by atoms with Gasteiger partial charge in [0.05, 0.1) is 0 Å². The van der Waals surface area contributed by atoms with Crippen molar-refractivity contribution in [3.8, 4) is 0 Å². The maximum atomic E-state index is 12.6. The molecule has 0 heterocycles. The van der Waals surface area contributed by atoms with E-state index in [0.29, 0.717) is 0 Å². The number of rotatable bonds is 7. The van der Waals surface area contributed by atoms with Gasteiger partial charge in [0.25, 0.3) is 0 Å². The molecule has 2 rings (SSSR count). The van der Waals surface area contributed by atoms with Gasteiger partial charge in [-0.15, -0.1) is 6.58 Å². The Hall–Kier alpha value is -3.08. The van der Waals surface area contributed by atoms with Crippen LogP contribution in [0.3, 0.4) is 0 Å². The molecule has 0 aliphatic heterocycles. The quantitative estimate of drug-likeness (QED) is 0.513. The molecule has 0 aliphatic rings. The van der Waals surface area contributed by atoms with Crippen LogP contribution in [-0.4, -0.2) is 35.7 Å². The molecule has 0 radical (unpaired) electrons. The van der Waals surface area contributed by atoms with Crippen molar-refractivity contribution >= 4 is 12.1 Å². The van der Waals surface area contributed by atoms with Crippen molar-refractivity contribution < 1.29 is 19.1 Å². The molecule has 0 atom stereocenters. The Labute approximate surface area is 166 Å². The van der Waals surface area contributed by atoms with Crippen LogP contribution in [0.2, 0.25) is 0 Å². The molecule has 0 spiro atoms. The van der Waals surface area contributed by atoms with Crippen LogP contribution in [0.5, 0.6) is 0 Å². The maximum Gasteiger partial charge on any atom is 0.411 e. The van der Waals surface area contributed by atoms with E-state index in [0.717, 1.165) is 11.1 Å². The van der Waals surface area contributed by atoms with Gasteiger partial charge in [0, 0.05) is 6.54 Å². The second-order valence-corrected chi connectivity index (χ2v) is 7.34. The fourth-order valence-electron chi connectivity index (χ4n) is 2.59. The van der Waals surface area contributed by atoms with Crippen LogP contribution in [0, 0.1) is 0 Å². The van der Waals surface area contributed by atoms with Crippen molar-refractivity contribution in [1.82, 2.24) is 4.90 Å². The minimum Gasteiger partial charge on any atom is -0.451 e. The van der Waals surface area contributed by atoms with Crippen LogP contribution in [0.1, 0.15) is 38.0 Å². The first-order valence-electron chi connectivity index (χ1n) is 9.18. The molecule has 148 valence electrons. The van der Waals surface area contributed by atoms with Crippen LogP contribution in [0.25, 0.3) is 0 Å². The number of carbonyl (C=O) groups excluding carboxylic acids is 2. The van der Waals surface area contributed by atoms with Crippen molar-refractivity contribution in [1.29, 1.82) is 0 Å². The van der Waals surface area contributed by atoms with E-state index in [-0.39, 0.29) is 13.1 Å². The summed E-state index contributed by atoms with van der Waals surface area (Å²) in [6.07, 6.45) is 0.405. The Balaban J connectivity index is 2.16. The number of nitrogens with zero attached hydrogens (tertiary/aromatic N) is 1. The van der Waals surface area contributed by atoms with Gasteiger partial charge in [-0.1, -0.05) is 66.7 Å². The van der Waals surface area contributed by atoms with Gasteiger partial charge in [-0.3, -0.25) is 9.69 Å². The molecule has 28 heavy (non-hydrogen) atoms. The van der Waals surface area contributed by atoms with E-state index in [9.17, 15) is 9.59 Å². The summed E-state index contributed by atoms with van der Waals surface area (Å²) in [6, 6.07) is 19.0. The minimum atomic E-state index is -0.656. The summed E-state index contributed by atoms with van der Waals surface area (Å²) in [5.74, 6) is -0.523. The number of benzene rings is 2. The molecule has 0 bridgehead atoms. The normalized spacial score (nSPS) is 11.0. The van der Waals surface area contributed by atoms with Crippen LogP contribution >= 0.6 is 0 Å². The number of ether oxygens (including phenoxy) is 2. The average molecular weight is 381 g/mol. The Morgan fingerprint density at radius 3 is 1.93 bits per heavy atom. The predicted octanol–water partition coefficient (Wildman–Crippen LogP) is 4.74. The highest BCUT2D eigenvalue weighted by molar-refractivity contribution is 5.78. The highest BCUT2D eigenvalue weighted by atomic mass is 16.6. The molecular weight excluding hydrogens is 354 g/mol. The monoisotopic (exact) mass is 381 g/mol.